The van der Waals surface area contributed by atoms with Crippen LogP contribution in [0.4, 0.5) is 0 Å². The zero-order valence-corrected chi connectivity index (χ0v) is 25.5. The number of nitrogens with zero attached hydrogens (tertiary/aromatic N) is 6. The molecule has 6 heteroatoms. The minimum absolute atomic E-state index is 0.524. The third-order valence-electron chi connectivity index (χ3n) is 9.03. The Morgan fingerprint density at radius 2 is 0.729 bits per heavy atom. The van der Waals surface area contributed by atoms with Crippen molar-refractivity contribution >= 4 is 43.6 Å². The summed E-state index contributed by atoms with van der Waals surface area (Å²) in [4.78, 5) is 10.9. The number of benzene rings is 6. The van der Waals surface area contributed by atoms with Crippen LogP contribution in [0.5, 0.6) is 0 Å². The van der Waals surface area contributed by atoms with Crippen molar-refractivity contribution in [3.8, 4) is 46.3 Å². The van der Waals surface area contributed by atoms with Crippen LogP contribution in [-0.2, 0) is 0 Å². The zero-order valence-electron chi connectivity index (χ0n) is 25.5. The van der Waals surface area contributed by atoms with Crippen LogP contribution in [0.3, 0.4) is 0 Å². The number of hydrogen-bond donors (Lipinski definition) is 0. The van der Waals surface area contributed by atoms with Gasteiger partial charge in [-0.1, -0.05) is 97.1 Å². The van der Waals surface area contributed by atoms with Crippen molar-refractivity contribution in [2.75, 3.05) is 0 Å². The highest BCUT2D eigenvalue weighted by Gasteiger charge is 2.25. The molecule has 0 unspecified atom stereocenters. The fraction of sp³-hybridized carbons (Fsp3) is 0. The van der Waals surface area contributed by atoms with Crippen LogP contribution in [0.15, 0.2) is 146 Å². The molecule has 3 heterocycles. The summed E-state index contributed by atoms with van der Waals surface area (Å²) in [6, 6.07) is 53.0. The molecule has 0 aliphatic carbocycles. The number of aromatic nitrogens is 4. The maximum Gasteiger partial charge on any atom is 0.235 e. The molecule has 6 nitrogen and oxygen atoms in total. The Kier molecular flexibility index (Phi) is 6.15. The SMILES string of the molecule is N#Cc1ccc(-c2nc(-n3c4ccccc4c4ccccc43)nc(-c3ccc(C#N)cc3)c2-n2c3ccccc3c3ccccc32)cc1. The summed E-state index contributed by atoms with van der Waals surface area (Å²) in [7, 11) is 0. The lowest BCUT2D eigenvalue weighted by Gasteiger charge is -2.20. The Balaban J connectivity index is 1.48. The molecule has 0 aliphatic heterocycles. The lowest BCUT2D eigenvalue weighted by atomic mass is 10.0. The maximum atomic E-state index is 9.64. The Bertz CT molecular complexity index is 2600. The van der Waals surface area contributed by atoms with Crippen molar-refractivity contribution in [3.05, 3.63) is 157 Å². The van der Waals surface area contributed by atoms with Gasteiger partial charge in [-0.2, -0.15) is 10.5 Å². The van der Waals surface area contributed by atoms with Crippen molar-refractivity contribution < 1.29 is 0 Å². The standard InChI is InChI=1S/C42H24N6/c43-25-27-17-21-29(22-18-27)39-41(47-35-13-5-1-9-31(35)32-10-2-6-14-36(32)47)40(30-23-19-28(26-44)20-24-30)46-42(45-39)48-37-15-7-3-11-33(37)34-12-4-8-16-38(34)48/h1-24H. The minimum atomic E-state index is 0.524. The van der Waals surface area contributed by atoms with E-state index in [-0.39, 0.29) is 0 Å². The number of para-hydroxylation sites is 4. The van der Waals surface area contributed by atoms with Gasteiger partial charge in [-0.25, -0.2) is 9.97 Å². The minimum Gasteiger partial charge on any atom is -0.305 e. The van der Waals surface area contributed by atoms with Crippen molar-refractivity contribution in [2.45, 2.75) is 0 Å². The van der Waals surface area contributed by atoms with E-state index in [1.54, 1.807) is 0 Å². The molecule has 0 N–H and O–H groups in total. The van der Waals surface area contributed by atoms with E-state index >= 15 is 0 Å². The molecule has 0 bridgehead atoms. The van der Waals surface area contributed by atoms with Crippen LogP contribution in [0.25, 0.3) is 77.8 Å². The van der Waals surface area contributed by atoms with Crippen LogP contribution in [0.1, 0.15) is 11.1 Å². The molecule has 0 fully saturated rings. The molecule has 0 aliphatic rings. The fourth-order valence-electron chi connectivity index (χ4n) is 6.86. The summed E-state index contributed by atoms with van der Waals surface area (Å²) in [6.45, 7) is 0. The van der Waals surface area contributed by atoms with Crippen molar-refractivity contribution in [1.82, 2.24) is 19.1 Å². The van der Waals surface area contributed by atoms with E-state index in [1.165, 1.54) is 0 Å². The number of hydrogen-bond acceptors (Lipinski definition) is 4. The molecule has 0 radical (unpaired) electrons. The third-order valence-corrected chi connectivity index (χ3v) is 9.03. The van der Waals surface area contributed by atoms with Gasteiger partial charge in [0.25, 0.3) is 0 Å². The molecule has 9 aromatic rings. The molecule has 0 saturated heterocycles. The second-order valence-corrected chi connectivity index (χ2v) is 11.7. The van der Waals surface area contributed by atoms with Crippen molar-refractivity contribution in [2.24, 2.45) is 0 Å². The van der Waals surface area contributed by atoms with Gasteiger partial charge in [0.15, 0.2) is 0 Å². The molecular formula is C42H24N6. The van der Waals surface area contributed by atoms with E-state index in [0.717, 1.165) is 71.8 Å². The van der Waals surface area contributed by atoms with Gasteiger partial charge in [-0.15, -0.1) is 0 Å². The molecule has 0 spiro atoms. The quantitative estimate of drug-likeness (QED) is 0.198. The van der Waals surface area contributed by atoms with Gasteiger partial charge >= 0.3 is 0 Å². The zero-order chi connectivity index (χ0) is 32.2. The maximum absolute atomic E-state index is 9.64. The van der Waals surface area contributed by atoms with Gasteiger partial charge in [0.2, 0.25) is 5.95 Å². The smallest absolute Gasteiger partial charge is 0.235 e. The van der Waals surface area contributed by atoms with Crippen molar-refractivity contribution in [1.29, 1.82) is 10.5 Å². The normalized spacial score (nSPS) is 11.3. The summed E-state index contributed by atoms with van der Waals surface area (Å²) in [6.07, 6.45) is 0. The summed E-state index contributed by atoms with van der Waals surface area (Å²) in [5.41, 5.74) is 9.14. The Labute approximate surface area is 275 Å². The van der Waals surface area contributed by atoms with E-state index in [1.807, 2.05) is 72.8 Å². The van der Waals surface area contributed by atoms with E-state index in [9.17, 15) is 10.5 Å². The lowest BCUT2D eigenvalue weighted by Crippen LogP contribution is -2.10. The van der Waals surface area contributed by atoms with Crippen LogP contribution >= 0.6 is 0 Å². The monoisotopic (exact) mass is 612 g/mol. The first-order valence-corrected chi connectivity index (χ1v) is 15.6. The highest BCUT2D eigenvalue weighted by atomic mass is 15.2. The topological polar surface area (TPSA) is 83.2 Å². The summed E-state index contributed by atoms with van der Waals surface area (Å²) in [5.74, 6) is 0.524. The average Bonchev–Trinajstić information content (AvgIpc) is 3.67. The summed E-state index contributed by atoms with van der Waals surface area (Å²) < 4.78 is 4.38. The second-order valence-electron chi connectivity index (χ2n) is 11.7. The lowest BCUT2D eigenvalue weighted by molar-refractivity contribution is 0.977. The van der Waals surface area contributed by atoms with Crippen LogP contribution in [-0.4, -0.2) is 19.1 Å². The first-order chi connectivity index (χ1) is 23.7. The average molecular weight is 613 g/mol. The van der Waals surface area contributed by atoms with E-state index < -0.39 is 0 Å². The van der Waals surface area contributed by atoms with E-state index in [2.05, 4.69) is 94.1 Å². The molecule has 9 rings (SSSR count). The first-order valence-electron chi connectivity index (χ1n) is 15.6. The number of fused-ring (bicyclic) bond motifs is 6. The Morgan fingerprint density at radius 3 is 1.08 bits per heavy atom. The second kappa shape index (κ2) is 10.8. The molecule has 6 aromatic carbocycles. The Morgan fingerprint density at radius 1 is 0.396 bits per heavy atom. The molecule has 48 heavy (non-hydrogen) atoms. The van der Waals surface area contributed by atoms with Crippen molar-refractivity contribution in [3.63, 3.8) is 0 Å². The molecule has 0 amide bonds. The molecule has 222 valence electrons. The van der Waals surface area contributed by atoms with Gasteiger partial charge in [0.1, 0.15) is 11.4 Å². The number of nitriles is 2. The van der Waals surface area contributed by atoms with Crippen LogP contribution in [0, 0.1) is 22.7 Å². The predicted octanol–water partition coefficient (Wildman–Crippen LogP) is 9.75. The fourth-order valence-corrected chi connectivity index (χ4v) is 6.86. The van der Waals surface area contributed by atoms with Gasteiger partial charge in [0, 0.05) is 32.7 Å². The number of rotatable bonds is 4. The van der Waals surface area contributed by atoms with E-state index in [4.69, 9.17) is 9.97 Å². The van der Waals surface area contributed by atoms with Gasteiger partial charge < -0.3 is 4.57 Å². The van der Waals surface area contributed by atoms with Gasteiger partial charge in [0.05, 0.1) is 51.0 Å². The first kappa shape index (κ1) is 27.3. The van der Waals surface area contributed by atoms with Gasteiger partial charge in [-0.3, -0.25) is 4.57 Å². The molecule has 0 saturated carbocycles. The summed E-state index contributed by atoms with van der Waals surface area (Å²) in [5, 5.41) is 23.8. The molecule has 0 atom stereocenters. The predicted molar refractivity (Wildman–Crippen MR) is 191 cm³/mol. The van der Waals surface area contributed by atoms with Crippen LogP contribution < -0.4 is 0 Å². The summed E-state index contributed by atoms with van der Waals surface area (Å²) >= 11 is 0. The molecule has 3 aromatic heterocycles. The Hall–Kier alpha value is -7.02. The highest BCUT2D eigenvalue weighted by molar-refractivity contribution is 6.11. The highest BCUT2D eigenvalue weighted by Crippen LogP contribution is 2.41. The van der Waals surface area contributed by atoms with Gasteiger partial charge in [-0.05, 0) is 48.5 Å². The largest absolute Gasteiger partial charge is 0.305 e. The molecular weight excluding hydrogens is 589 g/mol. The van der Waals surface area contributed by atoms with E-state index in [0.29, 0.717) is 17.1 Å². The third kappa shape index (κ3) is 4.11. The van der Waals surface area contributed by atoms with Crippen LogP contribution in [0.2, 0.25) is 0 Å².